The molecule has 1 aliphatic rings. The Morgan fingerprint density at radius 3 is 2.71 bits per heavy atom. The lowest BCUT2D eigenvalue weighted by atomic mass is 10.1. The normalized spacial score (nSPS) is 13.7. The van der Waals surface area contributed by atoms with Crippen LogP contribution in [0.25, 0.3) is 0 Å². The number of nitrogens with zero attached hydrogens (tertiary/aromatic N) is 1. The molecule has 0 radical (unpaired) electrons. The second kappa shape index (κ2) is 6.14. The summed E-state index contributed by atoms with van der Waals surface area (Å²) in [5.41, 5.74) is 1.36. The minimum absolute atomic E-state index is 0.336. The van der Waals surface area contributed by atoms with Crippen molar-refractivity contribution in [1.29, 1.82) is 0 Å². The van der Waals surface area contributed by atoms with Gasteiger partial charge in [-0.05, 0) is 29.8 Å². The quantitative estimate of drug-likeness (QED) is 0.939. The van der Waals surface area contributed by atoms with Gasteiger partial charge in [-0.15, -0.1) is 0 Å². The summed E-state index contributed by atoms with van der Waals surface area (Å²) >= 11 is 5.85. The van der Waals surface area contributed by atoms with Crippen LogP contribution >= 0.6 is 11.6 Å². The summed E-state index contributed by atoms with van der Waals surface area (Å²) < 4.78 is 19.8. The van der Waals surface area contributed by atoms with Crippen molar-refractivity contribution in [1.82, 2.24) is 5.32 Å². The van der Waals surface area contributed by atoms with Crippen LogP contribution in [0, 0.1) is 5.82 Å². The first-order chi connectivity index (χ1) is 10.2. The molecular formula is C16H14ClFN2O. The van der Waals surface area contributed by atoms with Crippen molar-refractivity contribution in [2.24, 2.45) is 4.99 Å². The van der Waals surface area contributed by atoms with Crippen LogP contribution in [0.5, 0.6) is 5.75 Å². The van der Waals surface area contributed by atoms with E-state index in [2.05, 4.69) is 10.3 Å². The zero-order valence-electron chi connectivity index (χ0n) is 11.3. The second-order valence-electron chi connectivity index (χ2n) is 4.69. The minimum atomic E-state index is -0.336. The highest BCUT2D eigenvalue weighted by Crippen LogP contribution is 2.24. The van der Waals surface area contributed by atoms with Crippen molar-refractivity contribution in [2.75, 3.05) is 13.1 Å². The van der Waals surface area contributed by atoms with Crippen LogP contribution in [-0.4, -0.2) is 18.9 Å². The predicted octanol–water partition coefficient (Wildman–Crippen LogP) is 3.41. The number of amidine groups is 1. The average Bonchev–Trinajstić information content (AvgIpc) is 3.00. The number of ether oxygens (including phenoxy) is 1. The molecular weight excluding hydrogens is 291 g/mol. The molecule has 1 heterocycles. The summed E-state index contributed by atoms with van der Waals surface area (Å²) in [6, 6.07) is 12.2. The van der Waals surface area contributed by atoms with Gasteiger partial charge in [0.2, 0.25) is 0 Å². The lowest BCUT2D eigenvalue weighted by Crippen LogP contribution is -2.21. The van der Waals surface area contributed by atoms with Gasteiger partial charge in [-0.1, -0.05) is 29.8 Å². The monoisotopic (exact) mass is 304 g/mol. The molecule has 3 nitrogen and oxygen atoms in total. The van der Waals surface area contributed by atoms with E-state index in [1.54, 1.807) is 24.3 Å². The van der Waals surface area contributed by atoms with E-state index >= 15 is 0 Å². The molecule has 2 aromatic carbocycles. The van der Waals surface area contributed by atoms with Gasteiger partial charge in [0.25, 0.3) is 0 Å². The van der Waals surface area contributed by atoms with Crippen LogP contribution in [-0.2, 0) is 6.61 Å². The molecule has 0 aliphatic carbocycles. The van der Waals surface area contributed by atoms with E-state index in [-0.39, 0.29) is 5.82 Å². The topological polar surface area (TPSA) is 33.6 Å². The summed E-state index contributed by atoms with van der Waals surface area (Å²) in [5, 5.41) is 3.75. The number of halogens is 2. The van der Waals surface area contributed by atoms with Crippen molar-refractivity contribution >= 4 is 17.4 Å². The Morgan fingerprint density at radius 2 is 2.00 bits per heavy atom. The van der Waals surface area contributed by atoms with E-state index in [4.69, 9.17) is 16.3 Å². The summed E-state index contributed by atoms with van der Waals surface area (Å²) in [6.45, 7) is 1.72. The maximum atomic E-state index is 14.1. The molecule has 0 saturated heterocycles. The van der Waals surface area contributed by atoms with Gasteiger partial charge >= 0.3 is 0 Å². The van der Waals surface area contributed by atoms with E-state index in [0.29, 0.717) is 35.3 Å². The molecule has 3 rings (SSSR count). The van der Waals surface area contributed by atoms with Gasteiger partial charge < -0.3 is 10.1 Å². The average molecular weight is 305 g/mol. The fourth-order valence-corrected chi connectivity index (χ4v) is 2.29. The molecule has 0 bridgehead atoms. The number of hydrogen-bond acceptors (Lipinski definition) is 3. The minimum Gasteiger partial charge on any atom is -0.488 e. The van der Waals surface area contributed by atoms with E-state index in [9.17, 15) is 4.39 Å². The molecule has 0 unspecified atom stereocenters. The fourth-order valence-electron chi connectivity index (χ4n) is 2.16. The zero-order chi connectivity index (χ0) is 14.7. The molecule has 0 spiro atoms. The van der Waals surface area contributed by atoms with Gasteiger partial charge in [0, 0.05) is 11.6 Å². The second-order valence-corrected chi connectivity index (χ2v) is 5.12. The van der Waals surface area contributed by atoms with Crippen molar-refractivity contribution in [2.45, 2.75) is 6.61 Å². The van der Waals surface area contributed by atoms with Gasteiger partial charge in [-0.25, -0.2) is 4.39 Å². The molecule has 0 atom stereocenters. The van der Waals surface area contributed by atoms with Gasteiger partial charge in [-0.3, -0.25) is 4.99 Å². The standard InChI is InChI=1S/C16H14ClFN2O/c17-12-6-4-11(5-7-12)10-21-14-3-1-2-13(18)15(14)16-19-8-9-20-16/h1-7H,8-10H2,(H,19,20). The van der Waals surface area contributed by atoms with Crippen LogP contribution < -0.4 is 10.1 Å². The molecule has 0 saturated carbocycles. The third-order valence-corrected chi connectivity index (χ3v) is 3.45. The van der Waals surface area contributed by atoms with Crippen LogP contribution in [0.3, 0.4) is 0 Å². The Kier molecular flexibility index (Phi) is 4.06. The highest BCUT2D eigenvalue weighted by Gasteiger charge is 2.18. The predicted molar refractivity (Wildman–Crippen MR) is 81.6 cm³/mol. The van der Waals surface area contributed by atoms with Crippen LogP contribution in [0.15, 0.2) is 47.5 Å². The fraction of sp³-hybridized carbons (Fsp3) is 0.188. The molecule has 21 heavy (non-hydrogen) atoms. The van der Waals surface area contributed by atoms with Crippen molar-refractivity contribution in [3.8, 4) is 5.75 Å². The maximum Gasteiger partial charge on any atom is 0.137 e. The third-order valence-electron chi connectivity index (χ3n) is 3.19. The zero-order valence-corrected chi connectivity index (χ0v) is 12.0. The van der Waals surface area contributed by atoms with Gasteiger partial charge in [0.05, 0.1) is 12.1 Å². The first-order valence-corrected chi connectivity index (χ1v) is 7.06. The van der Waals surface area contributed by atoms with Crippen molar-refractivity contribution < 1.29 is 9.13 Å². The van der Waals surface area contributed by atoms with Gasteiger partial charge in [-0.2, -0.15) is 0 Å². The summed E-state index contributed by atoms with van der Waals surface area (Å²) in [4.78, 5) is 4.26. The van der Waals surface area contributed by atoms with Crippen LogP contribution in [0.1, 0.15) is 11.1 Å². The first kappa shape index (κ1) is 13.9. The summed E-state index contributed by atoms with van der Waals surface area (Å²) in [7, 11) is 0. The lowest BCUT2D eigenvalue weighted by Gasteiger charge is -2.12. The number of aliphatic imine (C=N–C) groups is 1. The highest BCUT2D eigenvalue weighted by molar-refractivity contribution is 6.30. The molecule has 0 fully saturated rings. The van der Waals surface area contributed by atoms with E-state index in [1.165, 1.54) is 6.07 Å². The Bertz CT molecular complexity index is 670. The van der Waals surface area contributed by atoms with Gasteiger partial charge in [0.1, 0.15) is 24.0 Å². The van der Waals surface area contributed by atoms with Crippen molar-refractivity contribution in [3.05, 3.63) is 64.4 Å². The number of hydrogen-bond donors (Lipinski definition) is 1. The Morgan fingerprint density at radius 1 is 1.19 bits per heavy atom. The summed E-state index contributed by atoms with van der Waals surface area (Å²) in [6.07, 6.45) is 0. The Balaban J connectivity index is 1.82. The molecule has 1 aliphatic heterocycles. The number of nitrogens with one attached hydrogen (secondary N) is 1. The SMILES string of the molecule is Fc1cccc(OCc2ccc(Cl)cc2)c1C1=NCCN1. The number of benzene rings is 2. The molecule has 5 heteroatoms. The largest absolute Gasteiger partial charge is 0.488 e. The van der Waals surface area contributed by atoms with Crippen LogP contribution in [0.2, 0.25) is 5.02 Å². The Hall–Kier alpha value is -2.07. The molecule has 1 N–H and O–H groups in total. The van der Waals surface area contributed by atoms with E-state index < -0.39 is 0 Å². The molecule has 108 valence electrons. The highest BCUT2D eigenvalue weighted by atomic mass is 35.5. The van der Waals surface area contributed by atoms with Crippen molar-refractivity contribution in [3.63, 3.8) is 0 Å². The summed E-state index contributed by atoms with van der Waals surface area (Å²) in [5.74, 6) is 0.703. The van der Waals surface area contributed by atoms with E-state index in [1.807, 2.05) is 12.1 Å². The maximum absolute atomic E-state index is 14.1. The molecule has 0 aromatic heterocycles. The number of rotatable bonds is 4. The molecule has 0 amide bonds. The first-order valence-electron chi connectivity index (χ1n) is 6.68. The third kappa shape index (κ3) is 3.16. The lowest BCUT2D eigenvalue weighted by molar-refractivity contribution is 0.304. The van der Waals surface area contributed by atoms with Crippen LogP contribution in [0.4, 0.5) is 4.39 Å². The molecule has 2 aromatic rings. The smallest absolute Gasteiger partial charge is 0.137 e. The van der Waals surface area contributed by atoms with E-state index in [0.717, 1.165) is 12.1 Å². The van der Waals surface area contributed by atoms with Gasteiger partial charge in [0.15, 0.2) is 0 Å². The Labute approximate surface area is 127 Å².